The van der Waals surface area contributed by atoms with Crippen LogP contribution in [0.4, 0.5) is 5.69 Å². The fourth-order valence-electron chi connectivity index (χ4n) is 4.05. The second-order valence-electron chi connectivity index (χ2n) is 7.67. The van der Waals surface area contributed by atoms with Crippen LogP contribution in [-0.4, -0.2) is 36.3 Å². The van der Waals surface area contributed by atoms with Gasteiger partial charge in [-0.25, -0.2) is 0 Å². The zero-order valence-corrected chi connectivity index (χ0v) is 17.4. The van der Waals surface area contributed by atoms with Gasteiger partial charge in [0.05, 0.1) is 22.0 Å². The van der Waals surface area contributed by atoms with Gasteiger partial charge in [0.25, 0.3) is 0 Å². The van der Waals surface area contributed by atoms with E-state index in [0.29, 0.717) is 0 Å². The van der Waals surface area contributed by atoms with Gasteiger partial charge in [-0.2, -0.15) is 0 Å². The van der Waals surface area contributed by atoms with Crippen molar-refractivity contribution in [2.45, 2.75) is 43.9 Å². The Morgan fingerprint density at radius 1 is 1.25 bits per heavy atom. The first-order valence-electron chi connectivity index (χ1n) is 10.5. The molecule has 148 valence electrons. The van der Waals surface area contributed by atoms with Gasteiger partial charge < -0.3 is 10.2 Å². The number of pyridine rings is 1. The van der Waals surface area contributed by atoms with Crippen LogP contribution >= 0.6 is 11.8 Å². The summed E-state index contributed by atoms with van der Waals surface area (Å²) in [7, 11) is 0. The predicted octanol–water partition coefficient (Wildman–Crippen LogP) is 4.53. The zero-order chi connectivity index (χ0) is 19.3. The summed E-state index contributed by atoms with van der Waals surface area (Å²) in [6.45, 7) is 4.85. The maximum absolute atomic E-state index is 12.4. The van der Waals surface area contributed by atoms with Gasteiger partial charge in [0.1, 0.15) is 0 Å². The minimum Gasteiger partial charge on any atom is -0.370 e. The molecule has 0 atom stereocenters. The molecule has 2 aliphatic heterocycles. The van der Waals surface area contributed by atoms with Crippen LogP contribution in [0.3, 0.4) is 0 Å². The Labute approximate surface area is 172 Å². The molecule has 1 N–H and O–H groups in total. The summed E-state index contributed by atoms with van der Waals surface area (Å²) >= 11 is 1.93. The number of thioether (sulfide) groups is 1. The second-order valence-corrected chi connectivity index (χ2v) is 8.78. The summed E-state index contributed by atoms with van der Waals surface area (Å²) in [6, 6.07) is 12.7. The van der Waals surface area contributed by atoms with Gasteiger partial charge in [0.2, 0.25) is 5.91 Å². The number of aryl methyl sites for hydroxylation is 1. The minimum atomic E-state index is 0.157. The number of anilines is 1. The molecule has 4 nitrogen and oxygen atoms in total. The van der Waals surface area contributed by atoms with E-state index >= 15 is 0 Å². The molecule has 0 aliphatic carbocycles. The van der Waals surface area contributed by atoms with Crippen molar-refractivity contribution < 1.29 is 4.79 Å². The Balaban J connectivity index is 1.49. The Kier molecular flexibility index (Phi) is 6.20. The highest BCUT2D eigenvalue weighted by Crippen LogP contribution is 2.41. The lowest BCUT2D eigenvalue weighted by Gasteiger charge is -2.34. The van der Waals surface area contributed by atoms with Crippen LogP contribution in [0, 0.1) is 5.92 Å². The summed E-state index contributed by atoms with van der Waals surface area (Å²) < 4.78 is 0. The Hall–Kier alpha value is -2.01. The average molecular weight is 396 g/mol. The first kappa shape index (κ1) is 19.3. The standard InChI is InChI=1S/C23H29N3OS/c1-2-3-12-24-23(27)18-9-13-26(14-10-18)21-16-20(17-7-5-4-6-8-17)25-19-11-15-28-22(19)21/h4-8,16,18H,2-3,9-15H2,1H3,(H,24,27). The number of hydrogen-bond acceptors (Lipinski definition) is 4. The molecule has 3 heterocycles. The lowest BCUT2D eigenvalue weighted by molar-refractivity contribution is -0.125. The van der Waals surface area contributed by atoms with E-state index in [0.717, 1.165) is 63.2 Å². The maximum Gasteiger partial charge on any atom is 0.223 e. The van der Waals surface area contributed by atoms with Gasteiger partial charge in [-0.15, -0.1) is 11.8 Å². The van der Waals surface area contributed by atoms with Crippen molar-refractivity contribution in [2.24, 2.45) is 5.92 Å². The van der Waals surface area contributed by atoms with Gasteiger partial charge in [-0.3, -0.25) is 9.78 Å². The number of rotatable bonds is 6. The largest absolute Gasteiger partial charge is 0.370 e. The third-order valence-electron chi connectivity index (χ3n) is 5.71. The maximum atomic E-state index is 12.4. The predicted molar refractivity (Wildman–Crippen MR) is 117 cm³/mol. The molecule has 1 fully saturated rings. The lowest BCUT2D eigenvalue weighted by Crippen LogP contribution is -2.41. The molecule has 1 saturated heterocycles. The number of unbranched alkanes of at least 4 members (excludes halogenated alkanes) is 1. The highest BCUT2D eigenvalue weighted by atomic mass is 32.2. The molecule has 1 aromatic carbocycles. The highest BCUT2D eigenvalue weighted by molar-refractivity contribution is 7.99. The van der Waals surface area contributed by atoms with Gasteiger partial charge in [-0.1, -0.05) is 43.7 Å². The number of fused-ring (bicyclic) bond motifs is 1. The molecule has 0 spiro atoms. The minimum absolute atomic E-state index is 0.157. The molecule has 5 heteroatoms. The molecular formula is C23H29N3OS. The van der Waals surface area contributed by atoms with Crippen LogP contribution in [0.1, 0.15) is 38.3 Å². The van der Waals surface area contributed by atoms with E-state index in [1.54, 1.807) is 0 Å². The number of carbonyl (C=O) groups is 1. The number of piperidine rings is 1. The molecule has 2 aromatic rings. The van der Waals surface area contributed by atoms with E-state index in [1.165, 1.54) is 21.8 Å². The molecule has 0 bridgehead atoms. The van der Waals surface area contributed by atoms with E-state index in [1.807, 2.05) is 17.8 Å². The Morgan fingerprint density at radius 2 is 2.04 bits per heavy atom. The number of hydrogen-bond donors (Lipinski definition) is 1. The first-order valence-corrected chi connectivity index (χ1v) is 11.5. The molecule has 0 saturated carbocycles. The average Bonchev–Trinajstić information content (AvgIpc) is 3.23. The van der Waals surface area contributed by atoms with Crippen LogP contribution < -0.4 is 10.2 Å². The van der Waals surface area contributed by atoms with Crippen LogP contribution in [0.5, 0.6) is 0 Å². The molecule has 0 unspecified atom stereocenters. The van der Waals surface area contributed by atoms with Crippen molar-refractivity contribution in [1.29, 1.82) is 0 Å². The third-order valence-corrected chi connectivity index (χ3v) is 6.86. The molecular weight excluding hydrogens is 366 g/mol. The summed E-state index contributed by atoms with van der Waals surface area (Å²) in [4.78, 5) is 21.2. The van der Waals surface area contributed by atoms with Crippen molar-refractivity contribution in [2.75, 3.05) is 30.3 Å². The van der Waals surface area contributed by atoms with E-state index in [2.05, 4.69) is 47.5 Å². The Bertz CT molecular complexity index is 816. The van der Waals surface area contributed by atoms with Gasteiger partial charge >= 0.3 is 0 Å². The Morgan fingerprint density at radius 3 is 2.79 bits per heavy atom. The van der Waals surface area contributed by atoms with E-state index < -0.39 is 0 Å². The summed E-state index contributed by atoms with van der Waals surface area (Å²) in [6.07, 6.45) is 5.09. The SMILES string of the molecule is CCCCNC(=O)C1CCN(c2cc(-c3ccccc3)nc3c2SCC3)CC1. The zero-order valence-electron chi connectivity index (χ0n) is 16.6. The molecule has 28 heavy (non-hydrogen) atoms. The lowest BCUT2D eigenvalue weighted by atomic mass is 9.95. The fraction of sp³-hybridized carbons (Fsp3) is 0.478. The topological polar surface area (TPSA) is 45.2 Å². The van der Waals surface area contributed by atoms with Gasteiger partial charge in [-0.05, 0) is 25.3 Å². The van der Waals surface area contributed by atoms with Crippen LogP contribution in [0.25, 0.3) is 11.3 Å². The van der Waals surface area contributed by atoms with Crippen molar-refractivity contribution in [3.63, 3.8) is 0 Å². The number of benzene rings is 1. The van der Waals surface area contributed by atoms with Crippen molar-refractivity contribution in [1.82, 2.24) is 10.3 Å². The second kappa shape index (κ2) is 8.99. The molecule has 4 rings (SSSR count). The van der Waals surface area contributed by atoms with E-state index in [4.69, 9.17) is 4.98 Å². The third kappa shape index (κ3) is 4.19. The van der Waals surface area contributed by atoms with Crippen LogP contribution in [0.2, 0.25) is 0 Å². The number of nitrogens with zero attached hydrogens (tertiary/aromatic N) is 2. The normalized spacial score (nSPS) is 16.8. The fourth-order valence-corrected chi connectivity index (χ4v) is 5.20. The molecule has 2 aliphatic rings. The smallest absolute Gasteiger partial charge is 0.223 e. The number of nitrogens with one attached hydrogen (secondary N) is 1. The van der Waals surface area contributed by atoms with Gasteiger partial charge in [0.15, 0.2) is 0 Å². The van der Waals surface area contributed by atoms with Crippen molar-refractivity contribution in [3.8, 4) is 11.3 Å². The first-order chi connectivity index (χ1) is 13.8. The number of aromatic nitrogens is 1. The van der Waals surface area contributed by atoms with Crippen molar-refractivity contribution in [3.05, 3.63) is 42.1 Å². The molecule has 1 amide bonds. The summed E-state index contributed by atoms with van der Waals surface area (Å²) in [5, 5.41) is 3.11. The highest BCUT2D eigenvalue weighted by Gasteiger charge is 2.28. The quantitative estimate of drug-likeness (QED) is 0.730. The van der Waals surface area contributed by atoms with Crippen LogP contribution in [-0.2, 0) is 11.2 Å². The van der Waals surface area contributed by atoms with Crippen molar-refractivity contribution >= 4 is 23.4 Å². The monoisotopic (exact) mass is 395 g/mol. The van der Waals surface area contributed by atoms with Crippen LogP contribution in [0.15, 0.2) is 41.3 Å². The number of carbonyl (C=O) groups excluding carboxylic acids is 1. The van der Waals surface area contributed by atoms with E-state index in [-0.39, 0.29) is 11.8 Å². The van der Waals surface area contributed by atoms with Gasteiger partial charge in [0, 0.05) is 43.3 Å². The number of amides is 1. The summed E-state index contributed by atoms with van der Waals surface area (Å²) in [5.74, 6) is 1.51. The molecule has 1 aromatic heterocycles. The molecule has 0 radical (unpaired) electrons. The summed E-state index contributed by atoms with van der Waals surface area (Å²) in [5.41, 5.74) is 4.79. The van der Waals surface area contributed by atoms with E-state index in [9.17, 15) is 4.79 Å².